The summed E-state index contributed by atoms with van der Waals surface area (Å²) in [5.74, 6) is 0. The largest absolute Gasteiger partial charge is 0.472 e. The Balaban J connectivity index is 2.18. The van der Waals surface area contributed by atoms with E-state index in [-0.39, 0.29) is 0 Å². The Morgan fingerprint density at radius 1 is 1.60 bits per heavy atom. The van der Waals surface area contributed by atoms with Crippen LogP contribution in [0, 0.1) is 6.92 Å². The molecule has 2 heterocycles. The van der Waals surface area contributed by atoms with Crippen LogP contribution >= 0.6 is 11.3 Å². The lowest BCUT2D eigenvalue weighted by atomic mass is 9.94. The molecule has 0 aliphatic carbocycles. The topological polar surface area (TPSA) is 46.3 Å². The summed E-state index contributed by atoms with van der Waals surface area (Å²) in [7, 11) is 0. The van der Waals surface area contributed by atoms with Gasteiger partial charge < -0.3 is 9.52 Å². The maximum Gasteiger partial charge on any atom is 0.0963 e. The molecule has 0 aliphatic rings. The molecule has 15 heavy (non-hydrogen) atoms. The molecule has 0 saturated carbocycles. The maximum atomic E-state index is 10.2. The smallest absolute Gasteiger partial charge is 0.0963 e. The highest BCUT2D eigenvalue weighted by Crippen LogP contribution is 2.26. The van der Waals surface area contributed by atoms with Gasteiger partial charge in [0, 0.05) is 17.4 Å². The Bertz CT molecular complexity index is 431. The van der Waals surface area contributed by atoms with Crippen LogP contribution in [0.25, 0.3) is 0 Å². The molecule has 1 N–H and O–H groups in total. The predicted octanol–water partition coefficient (Wildman–Crippen LogP) is 2.49. The van der Waals surface area contributed by atoms with E-state index in [0.29, 0.717) is 6.42 Å². The highest BCUT2D eigenvalue weighted by molar-refractivity contribution is 7.09. The molecule has 80 valence electrons. The molecule has 0 aliphatic heterocycles. The van der Waals surface area contributed by atoms with Gasteiger partial charge in [-0.1, -0.05) is 0 Å². The van der Waals surface area contributed by atoms with Crippen LogP contribution < -0.4 is 0 Å². The Hall–Kier alpha value is -1.13. The second kappa shape index (κ2) is 3.79. The van der Waals surface area contributed by atoms with Crippen molar-refractivity contribution in [3.05, 3.63) is 40.2 Å². The van der Waals surface area contributed by atoms with Gasteiger partial charge in [0.25, 0.3) is 0 Å². The number of rotatable bonds is 3. The molecule has 0 radical (unpaired) electrons. The van der Waals surface area contributed by atoms with E-state index in [0.717, 1.165) is 16.3 Å². The molecular weight excluding hydrogens is 210 g/mol. The molecular formula is C11H13NO2S. The molecule has 2 aromatic rings. The van der Waals surface area contributed by atoms with E-state index in [1.54, 1.807) is 36.9 Å². The van der Waals surface area contributed by atoms with Crippen LogP contribution in [-0.2, 0) is 12.0 Å². The van der Waals surface area contributed by atoms with Crippen molar-refractivity contribution >= 4 is 11.3 Å². The highest BCUT2D eigenvalue weighted by Gasteiger charge is 2.25. The van der Waals surface area contributed by atoms with Crippen molar-refractivity contribution in [2.24, 2.45) is 0 Å². The molecule has 2 aromatic heterocycles. The Morgan fingerprint density at radius 2 is 2.40 bits per heavy atom. The lowest BCUT2D eigenvalue weighted by Gasteiger charge is -2.20. The molecule has 1 atom stereocenters. The minimum absolute atomic E-state index is 0.511. The average Bonchev–Trinajstić information content (AvgIpc) is 2.75. The van der Waals surface area contributed by atoms with Crippen molar-refractivity contribution in [1.82, 2.24) is 4.98 Å². The van der Waals surface area contributed by atoms with Crippen molar-refractivity contribution in [2.75, 3.05) is 0 Å². The van der Waals surface area contributed by atoms with Crippen LogP contribution in [0.2, 0.25) is 0 Å². The summed E-state index contributed by atoms with van der Waals surface area (Å²) in [6.45, 7) is 3.73. The molecule has 0 aromatic carbocycles. The van der Waals surface area contributed by atoms with Gasteiger partial charge in [-0.25, -0.2) is 4.98 Å². The van der Waals surface area contributed by atoms with Gasteiger partial charge in [0.05, 0.1) is 28.8 Å². The van der Waals surface area contributed by atoms with Crippen LogP contribution in [0.1, 0.15) is 23.2 Å². The fourth-order valence-corrected chi connectivity index (χ4v) is 2.13. The van der Waals surface area contributed by atoms with Gasteiger partial charge in [0.2, 0.25) is 0 Å². The lowest BCUT2D eigenvalue weighted by Crippen LogP contribution is -2.23. The van der Waals surface area contributed by atoms with Crippen LogP contribution in [0.4, 0.5) is 0 Å². The van der Waals surface area contributed by atoms with E-state index in [9.17, 15) is 5.11 Å². The fraction of sp³-hybridized carbons (Fsp3) is 0.364. The summed E-state index contributed by atoms with van der Waals surface area (Å²) in [5, 5.41) is 13.2. The van der Waals surface area contributed by atoms with Gasteiger partial charge in [0.1, 0.15) is 0 Å². The van der Waals surface area contributed by atoms with Crippen molar-refractivity contribution in [1.29, 1.82) is 0 Å². The monoisotopic (exact) mass is 223 g/mol. The molecule has 4 heteroatoms. The second-order valence-corrected chi connectivity index (χ2v) is 4.88. The van der Waals surface area contributed by atoms with E-state index in [4.69, 9.17) is 4.42 Å². The van der Waals surface area contributed by atoms with Gasteiger partial charge >= 0.3 is 0 Å². The molecule has 0 bridgehead atoms. The first-order valence-electron chi connectivity index (χ1n) is 4.74. The summed E-state index contributed by atoms with van der Waals surface area (Å²) in [5.41, 5.74) is 0.796. The van der Waals surface area contributed by atoms with Crippen molar-refractivity contribution in [3.63, 3.8) is 0 Å². The Morgan fingerprint density at radius 3 is 2.93 bits per heavy atom. The van der Waals surface area contributed by atoms with Crippen LogP contribution in [0.15, 0.2) is 28.4 Å². The number of thiazole rings is 1. The highest BCUT2D eigenvalue weighted by atomic mass is 32.1. The SMILES string of the molecule is Cc1nc(CC(C)(O)c2ccoc2)cs1. The minimum atomic E-state index is -0.909. The third kappa shape index (κ3) is 2.27. The fourth-order valence-electron chi connectivity index (χ4n) is 1.52. The molecule has 0 spiro atoms. The number of aromatic nitrogens is 1. The number of hydrogen-bond acceptors (Lipinski definition) is 4. The molecule has 1 unspecified atom stereocenters. The van der Waals surface area contributed by atoms with Gasteiger partial charge in [-0.05, 0) is 19.9 Å². The van der Waals surface area contributed by atoms with E-state index in [1.807, 2.05) is 12.3 Å². The first-order valence-corrected chi connectivity index (χ1v) is 5.62. The van der Waals surface area contributed by atoms with Gasteiger partial charge in [-0.2, -0.15) is 0 Å². The van der Waals surface area contributed by atoms with E-state index >= 15 is 0 Å². The lowest BCUT2D eigenvalue weighted by molar-refractivity contribution is 0.0561. The first-order chi connectivity index (χ1) is 7.08. The van der Waals surface area contributed by atoms with Crippen LogP contribution in [0.3, 0.4) is 0 Å². The van der Waals surface area contributed by atoms with E-state index in [1.165, 1.54) is 0 Å². The maximum absolute atomic E-state index is 10.2. The summed E-state index contributed by atoms with van der Waals surface area (Å²) >= 11 is 1.60. The summed E-state index contributed by atoms with van der Waals surface area (Å²) in [6, 6.07) is 1.78. The minimum Gasteiger partial charge on any atom is -0.472 e. The third-order valence-electron chi connectivity index (χ3n) is 2.33. The van der Waals surface area contributed by atoms with Crippen molar-refractivity contribution in [2.45, 2.75) is 25.9 Å². The third-order valence-corrected chi connectivity index (χ3v) is 3.16. The van der Waals surface area contributed by atoms with Crippen molar-refractivity contribution in [3.8, 4) is 0 Å². The number of hydrogen-bond donors (Lipinski definition) is 1. The van der Waals surface area contributed by atoms with Gasteiger partial charge in [0.15, 0.2) is 0 Å². The standard InChI is InChI=1S/C11H13NO2S/c1-8-12-10(7-15-8)5-11(2,13)9-3-4-14-6-9/h3-4,6-7,13H,5H2,1-2H3. The van der Waals surface area contributed by atoms with Crippen molar-refractivity contribution < 1.29 is 9.52 Å². The van der Waals surface area contributed by atoms with E-state index in [2.05, 4.69) is 4.98 Å². The average molecular weight is 223 g/mol. The molecule has 0 amide bonds. The molecule has 0 saturated heterocycles. The van der Waals surface area contributed by atoms with E-state index < -0.39 is 5.60 Å². The number of aryl methyl sites for hydroxylation is 1. The Kier molecular flexibility index (Phi) is 2.63. The molecule has 0 fully saturated rings. The van der Waals surface area contributed by atoms with Gasteiger partial charge in [-0.3, -0.25) is 0 Å². The van der Waals surface area contributed by atoms with Gasteiger partial charge in [-0.15, -0.1) is 11.3 Å². The van der Waals surface area contributed by atoms with Crippen LogP contribution in [0.5, 0.6) is 0 Å². The summed E-state index contributed by atoms with van der Waals surface area (Å²) in [6.07, 6.45) is 3.65. The molecule has 3 nitrogen and oxygen atoms in total. The number of furan rings is 1. The summed E-state index contributed by atoms with van der Waals surface area (Å²) < 4.78 is 4.97. The summed E-state index contributed by atoms with van der Waals surface area (Å²) in [4.78, 5) is 4.33. The zero-order chi connectivity index (χ0) is 10.9. The zero-order valence-electron chi connectivity index (χ0n) is 8.73. The first kappa shape index (κ1) is 10.4. The second-order valence-electron chi connectivity index (χ2n) is 3.82. The van der Waals surface area contributed by atoms with Crippen LogP contribution in [-0.4, -0.2) is 10.1 Å². The molecule has 2 rings (SSSR count). The quantitative estimate of drug-likeness (QED) is 0.869. The number of nitrogens with zero attached hydrogens (tertiary/aromatic N) is 1. The zero-order valence-corrected chi connectivity index (χ0v) is 9.54. The predicted molar refractivity (Wildman–Crippen MR) is 58.8 cm³/mol. The Labute approximate surface area is 92.4 Å². The normalized spacial score (nSPS) is 15.1. The number of aliphatic hydroxyl groups is 1.